The van der Waals surface area contributed by atoms with Crippen molar-refractivity contribution in [3.63, 3.8) is 0 Å². The molecule has 0 unspecified atom stereocenters. The summed E-state index contributed by atoms with van der Waals surface area (Å²) in [4.78, 5) is 30.0. The maximum absolute atomic E-state index is 12.9. The molecule has 0 fully saturated rings. The molecule has 2 heterocycles. The summed E-state index contributed by atoms with van der Waals surface area (Å²) in [5.41, 5.74) is 7.17. The number of carbonyl (C=O) groups excluding carboxylic acids is 2. The van der Waals surface area contributed by atoms with Gasteiger partial charge in [0.1, 0.15) is 11.0 Å². The Bertz CT molecular complexity index is 1430. The first-order chi connectivity index (χ1) is 18.3. The number of anilines is 1. The first-order valence-corrected chi connectivity index (χ1v) is 13.4. The summed E-state index contributed by atoms with van der Waals surface area (Å²) in [6.07, 6.45) is 0.708. The van der Waals surface area contributed by atoms with E-state index in [1.165, 1.54) is 17.3 Å². The Labute approximate surface area is 227 Å². The summed E-state index contributed by atoms with van der Waals surface area (Å²) in [5, 5.41) is 9.59. The molecule has 5 rings (SSSR count). The van der Waals surface area contributed by atoms with E-state index in [-0.39, 0.29) is 24.3 Å². The van der Waals surface area contributed by atoms with Gasteiger partial charge in [-0.25, -0.2) is 5.01 Å². The van der Waals surface area contributed by atoms with Gasteiger partial charge in [-0.3, -0.25) is 9.59 Å². The predicted molar refractivity (Wildman–Crippen MR) is 153 cm³/mol. The number of ether oxygens (including phenoxy) is 1. The average Bonchev–Trinajstić information content (AvgIpc) is 3.50. The second-order valence-electron chi connectivity index (χ2n) is 9.64. The van der Waals surface area contributed by atoms with E-state index in [1.807, 2.05) is 61.3 Å². The number of carbonyl (C=O) groups is 2. The lowest BCUT2D eigenvalue weighted by Gasteiger charge is -2.23. The monoisotopic (exact) mass is 526 g/mol. The summed E-state index contributed by atoms with van der Waals surface area (Å²) < 4.78 is 5.33. The smallest absolute Gasteiger partial charge is 0.262 e. The second-order valence-corrected chi connectivity index (χ2v) is 10.8. The van der Waals surface area contributed by atoms with Crippen LogP contribution in [0.4, 0.5) is 5.69 Å². The first kappa shape index (κ1) is 25.7. The van der Waals surface area contributed by atoms with Crippen LogP contribution in [0.1, 0.15) is 46.7 Å². The van der Waals surface area contributed by atoms with E-state index in [9.17, 15) is 9.59 Å². The van der Waals surface area contributed by atoms with Gasteiger partial charge in [-0.2, -0.15) is 10.1 Å². The number of amides is 2. The number of benzene rings is 3. The molecule has 3 aromatic carbocycles. The lowest BCUT2D eigenvalue weighted by Crippen LogP contribution is -2.25. The first-order valence-electron chi connectivity index (χ1n) is 12.5. The number of hydrogen-bond donors (Lipinski definition) is 1. The summed E-state index contributed by atoms with van der Waals surface area (Å²) in [6.45, 7) is 6.08. The van der Waals surface area contributed by atoms with E-state index in [0.717, 1.165) is 39.4 Å². The molecule has 38 heavy (non-hydrogen) atoms. The van der Waals surface area contributed by atoms with Gasteiger partial charge in [-0.05, 0) is 67.3 Å². The van der Waals surface area contributed by atoms with E-state index in [4.69, 9.17) is 9.84 Å². The summed E-state index contributed by atoms with van der Waals surface area (Å²) in [6, 6.07) is 21.8. The normalized spacial score (nSPS) is 18.8. The number of hydrogen-bond acceptors (Lipinski definition) is 6. The van der Waals surface area contributed by atoms with E-state index >= 15 is 0 Å². The molecule has 2 aliphatic rings. The van der Waals surface area contributed by atoms with Crippen molar-refractivity contribution in [2.24, 2.45) is 10.1 Å². The molecule has 7 nitrogen and oxygen atoms in total. The molecule has 0 aliphatic carbocycles. The number of aliphatic imine (C=N–C) groups is 1. The molecule has 2 atom stereocenters. The maximum Gasteiger partial charge on any atom is 0.262 e. The third kappa shape index (κ3) is 5.50. The standard InChI is InChI=1S/C30H30N4O3S/c1-18-5-8-21(9-6-18)25-16-26(22-10-13-24(37-4)14-11-22)34(33-25)30-32-29(36)27(38-30)17-28(35)31-23-12-7-19(2)20(3)15-23/h5-15,26-27H,16-17H2,1-4H3,(H,31,35)/t26-,27-/m1/s1. The Morgan fingerprint density at radius 2 is 1.76 bits per heavy atom. The lowest BCUT2D eigenvalue weighted by atomic mass is 9.98. The minimum absolute atomic E-state index is 0.0407. The molecule has 3 aromatic rings. The predicted octanol–water partition coefficient (Wildman–Crippen LogP) is 5.80. The number of nitrogens with zero attached hydrogens (tertiary/aromatic N) is 3. The van der Waals surface area contributed by atoms with Crippen LogP contribution in [0.15, 0.2) is 76.8 Å². The molecule has 0 radical (unpaired) electrons. The van der Waals surface area contributed by atoms with Crippen LogP contribution in [0.2, 0.25) is 0 Å². The third-order valence-electron chi connectivity index (χ3n) is 6.88. The Morgan fingerprint density at radius 1 is 1.03 bits per heavy atom. The van der Waals surface area contributed by atoms with E-state index < -0.39 is 5.25 Å². The molecule has 1 N–H and O–H groups in total. The third-order valence-corrected chi connectivity index (χ3v) is 8.02. The van der Waals surface area contributed by atoms with Crippen LogP contribution in [-0.4, -0.2) is 40.1 Å². The number of hydrazone groups is 1. The van der Waals surface area contributed by atoms with Gasteiger partial charge in [-0.15, -0.1) is 0 Å². The quantitative estimate of drug-likeness (QED) is 0.439. The van der Waals surface area contributed by atoms with Gasteiger partial charge in [0, 0.05) is 18.5 Å². The lowest BCUT2D eigenvalue weighted by molar-refractivity contribution is -0.121. The highest BCUT2D eigenvalue weighted by molar-refractivity contribution is 8.15. The van der Waals surface area contributed by atoms with Gasteiger partial charge in [0.15, 0.2) is 5.17 Å². The summed E-state index contributed by atoms with van der Waals surface area (Å²) in [5.74, 6) is 0.246. The number of amidine groups is 1. The average molecular weight is 527 g/mol. The SMILES string of the molecule is COc1ccc([C@H]2CC(c3ccc(C)cc3)=NN2C2=NC(=O)[C@@H](CC(=O)Nc3ccc(C)c(C)c3)S2)cc1. The molecule has 8 heteroatoms. The Morgan fingerprint density at radius 3 is 2.45 bits per heavy atom. The van der Waals surface area contributed by atoms with Crippen LogP contribution in [0.5, 0.6) is 5.75 Å². The van der Waals surface area contributed by atoms with Crippen LogP contribution in [0, 0.1) is 20.8 Å². The van der Waals surface area contributed by atoms with E-state index in [2.05, 4.69) is 41.5 Å². The highest BCUT2D eigenvalue weighted by atomic mass is 32.2. The topological polar surface area (TPSA) is 83.4 Å². The number of aryl methyl sites for hydroxylation is 3. The van der Waals surface area contributed by atoms with Gasteiger partial charge in [0.25, 0.3) is 5.91 Å². The molecule has 0 bridgehead atoms. The van der Waals surface area contributed by atoms with Gasteiger partial charge in [0.05, 0.1) is 18.9 Å². The zero-order valence-corrected chi connectivity index (χ0v) is 22.7. The van der Waals surface area contributed by atoms with Gasteiger partial charge in [-0.1, -0.05) is 59.8 Å². The second kappa shape index (κ2) is 10.8. The molecule has 2 aliphatic heterocycles. The number of nitrogens with one attached hydrogen (secondary N) is 1. The summed E-state index contributed by atoms with van der Waals surface area (Å²) >= 11 is 1.30. The number of methoxy groups -OCH3 is 1. The van der Waals surface area contributed by atoms with Crippen molar-refractivity contribution < 1.29 is 14.3 Å². The zero-order valence-electron chi connectivity index (χ0n) is 21.9. The zero-order chi connectivity index (χ0) is 26.8. The fourth-order valence-electron chi connectivity index (χ4n) is 4.50. The van der Waals surface area contributed by atoms with Crippen LogP contribution < -0.4 is 10.1 Å². The largest absolute Gasteiger partial charge is 0.497 e. The molecule has 0 aromatic heterocycles. The van der Waals surface area contributed by atoms with Crippen LogP contribution in [0.25, 0.3) is 0 Å². The highest BCUT2D eigenvalue weighted by Gasteiger charge is 2.39. The number of thioether (sulfide) groups is 1. The minimum atomic E-state index is -0.591. The van der Waals surface area contributed by atoms with Gasteiger partial charge < -0.3 is 10.1 Å². The van der Waals surface area contributed by atoms with Crippen molar-refractivity contribution in [3.05, 3.63) is 94.5 Å². The maximum atomic E-state index is 12.9. The van der Waals surface area contributed by atoms with Crippen molar-refractivity contribution in [1.82, 2.24) is 5.01 Å². The van der Waals surface area contributed by atoms with Crippen molar-refractivity contribution >= 4 is 40.1 Å². The van der Waals surface area contributed by atoms with Gasteiger partial charge in [0.2, 0.25) is 5.91 Å². The molecule has 0 spiro atoms. The fourth-order valence-corrected chi connectivity index (χ4v) is 5.56. The highest BCUT2D eigenvalue weighted by Crippen LogP contribution is 2.39. The molecule has 0 saturated carbocycles. The molecule has 2 amide bonds. The molecule has 0 saturated heterocycles. The summed E-state index contributed by atoms with van der Waals surface area (Å²) in [7, 11) is 1.64. The van der Waals surface area contributed by atoms with E-state index in [0.29, 0.717) is 11.6 Å². The van der Waals surface area contributed by atoms with Crippen LogP contribution in [0.3, 0.4) is 0 Å². The molecular formula is C30H30N4O3S. The molecular weight excluding hydrogens is 496 g/mol. The van der Waals surface area contributed by atoms with Crippen molar-refractivity contribution in [2.75, 3.05) is 12.4 Å². The van der Waals surface area contributed by atoms with Gasteiger partial charge >= 0.3 is 0 Å². The van der Waals surface area contributed by atoms with Crippen LogP contribution in [-0.2, 0) is 9.59 Å². The van der Waals surface area contributed by atoms with Crippen molar-refractivity contribution in [1.29, 1.82) is 0 Å². The number of rotatable bonds is 6. The Hall–Kier alpha value is -3.91. The Balaban J connectivity index is 1.34. The van der Waals surface area contributed by atoms with Crippen LogP contribution >= 0.6 is 11.8 Å². The van der Waals surface area contributed by atoms with E-state index in [1.54, 1.807) is 7.11 Å². The Kier molecular flexibility index (Phi) is 7.33. The fraction of sp³-hybridized carbons (Fsp3) is 0.267. The van der Waals surface area contributed by atoms with Crippen molar-refractivity contribution in [2.45, 2.75) is 44.9 Å². The van der Waals surface area contributed by atoms with Crippen molar-refractivity contribution in [3.8, 4) is 5.75 Å². The minimum Gasteiger partial charge on any atom is -0.497 e. The molecule has 194 valence electrons.